The van der Waals surface area contributed by atoms with Crippen molar-refractivity contribution in [2.75, 3.05) is 5.32 Å². The first-order valence-electron chi connectivity index (χ1n) is 6.09. The highest BCUT2D eigenvalue weighted by molar-refractivity contribution is 5.88. The summed E-state index contributed by atoms with van der Waals surface area (Å²) in [6.45, 7) is 1.81. The molecule has 0 amide bonds. The zero-order valence-corrected chi connectivity index (χ0v) is 10.9. The molecule has 2 rings (SSSR count). The molecule has 0 saturated heterocycles. The number of benzene rings is 2. The molecule has 1 unspecified atom stereocenters. The fourth-order valence-electron chi connectivity index (χ4n) is 1.96. The summed E-state index contributed by atoms with van der Waals surface area (Å²) < 4.78 is 0. The fraction of sp³-hybridized carbons (Fsp3) is 0.133. The lowest BCUT2D eigenvalue weighted by Crippen LogP contribution is -2.07. The highest BCUT2D eigenvalue weighted by Crippen LogP contribution is 2.30. The molecule has 0 bridgehead atoms. The van der Waals surface area contributed by atoms with E-state index in [4.69, 9.17) is 5.11 Å². The number of phenolic OH excluding ortho intramolecular Hbond substituents is 2. The number of carboxylic acids is 1. The maximum absolute atomic E-state index is 10.9. The van der Waals surface area contributed by atoms with Crippen LogP contribution in [0.5, 0.6) is 11.5 Å². The standard InChI is InChI=1S/C15H15NO4/c1-9(13-8-12(17)5-6-14(13)18)16-11-4-2-3-10(7-11)15(19)20/h2-9,16-18H,1H3,(H,19,20). The van der Waals surface area contributed by atoms with Crippen molar-refractivity contribution in [1.82, 2.24) is 0 Å². The van der Waals surface area contributed by atoms with Gasteiger partial charge in [-0.05, 0) is 43.3 Å². The minimum atomic E-state index is -0.999. The van der Waals surface area contributed by atoms with E-state index in [1.165, 1.54) is 30.3 Å². The largest absolute Gasteiger partial charge is 0.508 e. The Kier molecular flexibility index (Phi) is 3.79. The molecule has 1 atom stereocenters. The van der Waals surface area contributed by atoms with E-state index in [0.717, 1.165) is 0 Å². The van der Waals surface area contributed by atoms with Crippen LogP contribution < -0.4 is 5.32 Å². The molecule has 0 spiro atoms. The highest BCUT2D eigenvalue weighted by atomic mass is 16.4. The van der Waals surface area contributed by atoms with Crippen LogP contribution in [0.4, 0.5) is 5.69 Å². The van der Waals surface area contributed by atoms with Gasteiger partial charge in [0.05, 0.1) is 11.6 Å². The second-order valence-corrected chi connectivity index (χ2v) is 4.50. The van der Waals surface area contributed by atoms with Crippen molar-refractivity contribution in [3.05, 3.63) is 53.6 Å². The molecule has 0 aromatic heterocycles. The van der Waals surface area contributed by atoms with Gasteiger partial charge in [-0.3, -0.25) is 0 Å². The van der Waals surface area contributed by atoms with E-state index < -0.39 is 5.97 Å². The third-order valence-electron chi connectivity index (χ3n) is 2.97. The van der Waals surface area contributed by atoms with Gasteiger partial charge in [0.15, 0.2) is 0 Å². The van der Waals surface area contributed by atoms with Crippen molar-refractivity contribution in [1.29, 1.82) is 0 Å². The summed E-state index contributed by atoms with van der Waals surface area (Å²) in [6.07, 6.45) is 0. The fourth-order valence-corrected chi connectivity index (χ4v) is 1.96. The lowest BCUT2D eigenvalue weighted by molar-refractivity contribution is 0.0697. The lowest BCUT2D eigenvalue weighted by atomic mass is 10.1. The van der Waals surface area contributed by atoms with Crippen molar-refractivity contribution in [2.45, 2.75) is 13.0 Å². The van der Waals surface area contributed by atoms with E-state index >= 15 is 0 Å². The number of phenols is 2. The lowest BCUT2D eigenvalue weighted by Gasteiger charge is -2.17. The molecular weight excluding hydrogens is 258 g/mol. The predicted octanol–water partition coefficient (Wildman–Crippen LogP) is 2.97. The van der Waals surface area contributed by atoms with Crippen LogP contribution in [-0.2, 0) is 0 Å². The number of aromatic carboxylic acids is 1. The average Bonchev–Trinajstić information content (AvgIpc) is 2.41. The first kappa shape index (κ1) is 13.7. The zero-order valence-electron chi connectivity index (χ0n) is 10.9. The second kappa shape index (κ2) is 5.52. The maximum Gasteiger partial charge on any atom is 0.335 e. The van der Waals surface area contributed by atoms with Crippen LogP contribution in [-0.4, -0.2) is 21.3 Å². The van der Waals surface area contributed by atoms with Crippen molar-refractivity contribution in [2.24, 2.45) is 0 Å². The zero-order chi connectivity index (χ0) is 14.7. The predicted molar refractivity (Wildman–Crippen MR) is 75.2 cm³/mol. The molecule has 5 nitrogen and oxygen atoms in total. The number of rotatable bonds is 4. The molecule has 20 heavy (non-hydrogen) atoms. The Morgan fingerprint density at radius 1 is 1.15 bits per heavy atom. The van der Waals surface area contributed by atoms with Gasteiger partial charge < -0.3 is 20.6 Å². The van der Waals surface area contributed by atoms with Gasteiger partial charge in [-0.1, -0.05) is 6.07 Å². The Morgan fingerprint density at radius 2 is 1.90 bits per heavy atom. The van der Waals surface area contributed by atoms with E-state index in [9.17, 15) is 15.0 Å². The Balaban J connectivity index is 2.23. The summed E-state index contributed by atoms with van der Waals surface area (Å²) in [7, 11) is 0. The van der Waals surface area contributed by atoms with Gasteiger partial charge in [0.25, 0.3) is 0 Å². The molecule has 2 aromatic carbocycles. The van der Waals surface area contributed by atoms with Crippen LogP contribution in [0.15, 0.2) is 42.5 Å². The molecule has 4 N–H and O–H groups in total. The van der Waals surface area contributed by atoms with Gasteiger partial charge in [-0.15, -0.1) is 0 Å². The van der Waals surface area contributed by atoms with Crippen molar-refractivity contribution in [3.63, 3.8) is 0 Å². The van der Waals surface area contributed by atoms with Crippen LogP contribution in [0.25, 0.3) is 0 Å². The minimum Gasteiger partial charge on any atom is -0.508 e. The first-order chi connectivity index (χ1) is 9.47. The van der Waals surface area contributed by atoms with Gasteiger partial charge >= 0.3 is 5.97 Å². The number of hydrogen-bond donors (Lipinski definition) is 4. The number of aromatic hydroxyl groups is 2. The Hall–Kier alpha value is -2.69. The van der Waals surface area contributed by atoms with Gasteiger partial charge in [-0.2, -0.15) is 0 Å². The number of anilines is 1. The van der Waals surface area contributed by atoms with E-state index in [1.54, 1.807) is 12.1 Å². The molecular formula is C15H15NO4. The topological polar surface area (TPSA) is 89.8 Å². The third kappa shape index (κ3) is 3.00. The van der Waals surface area contributed by atoms with Gasteiger partial charge in [-0.25, -0.2) is 4.79 Å². The summed E-state index contributed by atoms with van der Waals surface area (Å²) in [4.78, 5) is 10.9. The quantitative estimate of drug-likeness (QED) is 0.643. The van der Waals surface area contributed by atoms with Crippen molar-refractivity contribution in [3.8, 4) is 11.5 Å². The molecule has 104 valence electrons. The molecule has 2 aromatic rings. The van der Waals surface area contributed by atoms with E-state index in [1.807, 2.05) is 6.92 Å². The van der Waals surface area contributed by atoms with Gasteiger partial charge in [0.1, 0.15) is 11.5 Å². The van der Waals surface area contributed by atoms with E-state index in [-0.39, 0.29) is 23.1 Å². The molecule has 0 heterocycles. The summed E-state index contributed by atoms with van der Waals surface area (Å²) in [6, 6.07) is 10.4. The SMILES string of the molecule is CC(Nc1cccc(C(=O)O)c1)c1cc(O)ccc1O. The van der Waals surface area contributed by atoms with Crippen molar-refractivity contribution < 1.29 is 20.1 Å². The first-order valence-corrected chi connectivity index (χ1v) is 6.09. The molecule has 0 aliphatic heterocycles. The third-order valence-corrected chi connectivity index (χ3v) is 2.97. The van der Waals surface area contributed by atoms with Crippen LogP contribution in [0.1, 0.15) is 28.9 Å². The second-order valence-electron chi connectivity index (χ2n) is 4.50. The maximum atomic E-state index is 10.9. The smallest absolute Gasteiger partial charge is 0.335 e. The van der Waals surface area contributed by atoms with E-state index in [0.29, 0.717) is 11.3 Å². The molecule has 0 aliphatic rings. The Morgan fingerprint density at radius 3 is 2.60 bits per heavy atom. The monoisotopic (exact) mass is 273 g/mol. The number of carboxylic acid groups (broad SMARTS) is 1. The summed E-state index contributed by atoms with van der Waals surface area (Å²) in [5.74, 6) is -0.871. The molecule has 0 radical (unpaired) electrons. The molecule has 0 fully saturated rings. The van der Waals surface area contributed by atoms with Crippen LogP contribution in [0, 0.1) is 0 Å². The summed E-state index contributed by atoms with van der Waals surface area (Å²) >= 11 is 0. The highest BCUT2D eigenvalue weighted by Gasteiger charge is 2.12. The number of hydrogen-bond acceptors (Lipinski definition) is 4. The molecule has 0 aliphatic carbocycles. The Bertz CT molecular complexity index is 640. The summed E-state index contributed by atoms with van der Waals surface area (Å²) in [5, 5.41) is 31.3. The number of carbonyl (C=O) groups is 1. The number of nitrogens with one attached hydrogen (secondary N) is 1. The van der Waals surface area contributed by atoms with Crippen LogP contribution in [0.2, 0.25) is 0 Å². The van der Waals surface area contributed by atoms with Gasteiger partial charge in [0.2, 0.25) is 0 Å². The van der Waals surface area contributed by atoms with E-state index in [2.05, 4.69) is 5.32 Å². The summed E-state index contributed by atoms with van der Waals surface area (Å²) in [5.41, 5.74) is 1.34. The van der Waals surface area contributed by atoms with Crippen LogP contribution >= 0.6 is 0 Å². The van der Waals surface area contributed by atoms with Crippen molar-refractivity contribution >= 4 is 11.7 Å². The minimum absolute atomic E-state index is 0.0609. The average molecular weight is 273 g/mol. The van der Waals surface area contributed by atoms with Gasteiger partial charge in [0, 0.05) is 11.3 Å². The molecule has 0 saturated carbocycles. The molecule has 5 heteroatoms. The van der Waals surface area contributed by atoms with Crippen LogP contribution in [0.3, 0.4) is 0 Å². The normalized spacial score (nSPS) is 11.8. The Labute approximate surface area is 116 Å².